The third kappa shape index (κ3) is 8.18. The molecule has 1 aromatic heterocycles. The molecule has 0 radical (unpaired) electrons. The molecule has 1 N–H and O–H groups in total. The topological polar surface area (TPSA) is 42.4 Å². The molecule has 0 aliphatic heterocycles. The Morgan fingerprint density at radius 3 is 3.00 bits per heavy atom. The quantitative estimate of drug-likeness (QED) is 0.687. The second-order valence-electron chi connectivity index (χ2n) is 3.96. The number of aliphatic hydroxyl groups excluding tert-OH is 1. The zero-order chi connectivity index (χ0) is 12.3. The van der Waals surface area contributed by atoms with Crippen LogP contribution >= 0.6 is 11.8 Å². The van der Waals surface area contributed by atoms with E-state index in [1.54, 1.807) is 6.92 Å². The van der Waals surface area contributed by atoms with Gasteiger partial charge in [-0.15, -0.1) is 0 Å². The van der Waals surface area contributed by atoms with Gasteiger partial charge in [0.15, 0.2) is 0 Å². The fraction of sp³-hybridized carbons (Fsp3) is 0.615. The molecule has 1 heterocycles. The number of rotatable bonds is 9. The molecule has 0 aliphatic rings. The van der Waals surface area contributed by atoms with Gasteiger partial charge in [-0.2, -0.15) is 11.8 Å². The van der Waals surface area contributed by atoms with Gasteiger partial charge in [-0.05, 0) is 43.4 Å². The van der Waals surface area contributed by atoms with Crippen LogP contribution in [-0.4, -0.2) is 40.9 Å². The summed E-state index contributed by atoms with van der Waals surface area (Å²) in [5.41, 5.74) is 1.16. The number of ether oxygens (including phenoxy) is 1. The van der Waals surface area contributed by atoms with E-state index < -0.39 is 0 Å². The Hall–Kier alpha value is -0.580. The Balaban J connectivity index is 1.88. The van der Waals surface area contributed by atoms with Gasteiger partial charge in [-0.3, -0.25) is 4.98 Å². The Morgan fingerprint density at radius 1 is 1.41 bits per heavy atom. The molecule has 0 aliphatic carbocycles. The summed E-state index contributed by atoms with van der Waals surface area (Å²) in [6.07, 6.45) is 3.55. The maximum absolute atomic E-state index is 8.98. The van der Waals surface area contributed by atoms with E-state index in [2.05, 4.69) is 11.1 Å². The van der Waals surface area contributed by atoms with Crippen LogP contribution in [0.4, 0.5) is 0 Å². The summed E-state index contributed by atoms with van der Waals surface area (Å²) in [5, 5.41) is 8.98. The first-order chi connectivity index (χ1) is 8.29. The van der Waals surface area contributed by atoms with Crippen LogP contribution in [0.25, 0.3) is 0 Å². The van der Waals surface area contributed by atoms with Crippen LogP contribution in [0.5, 0.6) is 0 Å². The summed E-state index contributed by atoms with van der Waals surface area (Å²) in [6.45, 7) is 2.92. The molecule has 0 fully saturated rings. The number of hydrogen-bond acceptors (Lipinski definition) is 4. The minimum atomic E-state index is -0.355. The largest absolute Gasteiger partial charge is 0.391 e. The molecule has 1 unspecified atom stereocenters. The van der Waals surface area contributed by atoms with Crippen LogP contribution in [-0.2, 0) is 11.2 Å². The highest BCUT2D eigenvalue weighted by atomic mass is 32.2. The van der Waals surface area contributed by atoms with E-state index in [9.17, 15) is 0 Å². The maximum Gasteiger partial charge on any atom is 0.0745 e. The summed E-state index contributed by atoms with van der Waals surface area (Å²) in [4.78, 5) is 4.28. The van der Waals surface area contributed by atoms with E-state index in [-0.39, 0.29) is 6.10 Å². The average Bonchev–Trinajstić information content (AvgIpc) is 2.33. The molecular formula is C13H21NO2S. The van der Waals surface area contributed by atoms with Crippen molar-refractivity contribution in [1.29, 1.82) is 0 Å². The molecule has 1 aromatic rings. The smallest absolute Gasteiger partial charge is 0.0745 e. The fourth-order valence-electron chi connectivity index (χ4n) is 1.34. The van der Waals surface area contributed by atoms with Crippen molar-refractivity contribution in [3.63, 3.8) is 0 Å². The summed E-state index contributed by atoms with van der Waals surface area (Å²) in [5.74, 6) is 2.21. The third-order valence-electron chi connectivity index (χ3n) is 2.17. The summed E-state index contributed by atoms with van der Waals surface area (Å²) >= 11 is 1.92. The number of aromatic nitrogens is 1. The molecule has 0 aromatic carbocycles. The zero-order valence-corrected chi connectivity index (χ0v) is 11.2. The molecule has 0 saturated carbocycles. The zero-order valence-electron chi connectivity index (χ0n) is 10.3. The monoisotopic (exact) mass is 255 g/mol. The van der Waals surface area contributed by atoms with Crippen molar-refractivity contribution in [1.82, 2.24) is 4.98 Å². The summed E-state index contributed by atoms with van der Waals surface area (Å²) in [6, 6.07) is 6.03. The number of aliphatic hydroxyl groups is 1. The predicted octanol–water partition coefficient (Wildman–Crippen LogP) is 2.14. The normalized spacial score (nSPS) is 12.6. The first-order valence-corrected chi connectivity index (χ1v) is 7.18. The molecule has 4 heteroatoms. The first kappa shape index (κ1) is 14.5. The molecule has 1 atom stereocenters. The van der Waals surface area contributed by atoms with E-state index in [0.29, 0.717) is 6.61 Å². The molecule has 0 bridgehead atoms. The number of nitrogens with zero attached hydrogens (tertiary/aromatic N) is 1. The Bertz CT molecular complexity index is 280. The van der Waals surface area contributed by atoms with Crippen molar-refractivity contribution in [3.05, 3.63) is 30.1 Å². The van der Waals surface area contributed by atoms with Crippen LogP contribution in [0, 0.1) is 0 Å². The Morgan fingerprint density at radius 2 is 2.29 bits per heavy atom. The Labute approximate surface area is 108 Å². The van der Waals surface area contributed by atoms with Crippen LogP contribution in [0.2, 0.25) is 0 Å². The number of aryl methyl sites for hydroxylation is 1. The highest BCUT2D eigenvalue weighted by Crippen LogP contribution is 2.06. The van der Waals surface area contributed by atoms with Gasteiger partial charge in [0.25, 0.3) is 0 Å². The van der Waals surface area contributed by atoms with Gasteiger partial charge < -0.3 is 9.84 Å². The highest BCUT2D eigenvalue weighted by molar-refractivity contribution is 7.99. The number of hydrogen-bond donors (Lipinski definition) is 1. The van der Waals surface area contributed by atoms with Gasteiger partial charge in [-0.25, -0.2) is 0 Å². The molecule has 17 heavy (non-hydrogen) atoms. The molecule has 96 valence electrons. The molecule has 1 rings (SSSR count). The van der Waals surface area contributed by atoms with E-state index in [4.69, 9.17) is 9.84 Å². The van der Waals surface area contributed by atoms with Gasteiger partial charge in [0.1, 0.15) is 0 Å². The molecule has 0 spiro atoms. The number of pyridine rings is 1. The van der Waals surface area contributed by atoms with Crippen molar-refractivity contribution < 1.29 is 9.84 Å². The van der Waals surface area contributed by atoms with Crippen molar-refractivity contribution in [2.45, 2.75) is 25.9 Å². The Kier molecular flexibility index (Phi) is 8.05. The van der Waals surface area contributed by atoms with Gasteiger partial charge in [0, 0.05) is 18.5 Å². The van der Waals surface area contributed by atoms with Gasteiger partial charge in [0.2, 0.25) is 0 Å². The standard InChI is InChI=1S/C13H21NO2S/c1-12(15)11-16-8-4-9-17-10-6-13-5-2-3-7-14-13/h2-3,5,7,12,15H,4,6,8-11H2,1H3. The number of thioether (sulfide) groups is 1. The van der Waals surface area contributed by atoms with Crippen LogP contribution in [0.3, 0.4) is 0 Å². The van der Waals surface area contributed by atoms with Crippen LogP contribution in [0.15, 0.2) is 24.4 Å². The van der Waals surface area contributed by atoms with Crippen molar-refractivity contribution in [3.8, 4) is 0 Å². The van der Waals surface area contributed by atoms with Crippen molar-refractivity contribution >= 4 is 11.8 Å². The second kappa shape index (κ2) is 9.45. The second-order valence-corrected chi connectivity index (χ2v) is 5.19. The van der Waals surface area contributed by atoms with Gasteiger partial charge in [-0.1, -0.05) is 6.07 Å². The summed E-state index contributed by atoms with van der Waals surface area (Å²) in [7, 11) is 0. The van der Waals surface area contributed by atoms with Crippen LogP contribution < -0.4 is 0 Å². The lowest BCUT2D eigenvalue weighted by Gasteiger charge is -2.05. The maximum atomic E-state index is 8.98. The molecule has 0 saturated heterocycles. The lowest BCUT2D eigenvalue weighted by atomic mass is 10.3. The minimum absolute atomic E-state index is 0.355. The fourth-order valence-corrected chi connectivity index (χ4v) is 2.22. The summed E-state index contributed by atoms with van der Waals surface area (Å²) < 4.78 is 5.28. The van der Waals surface area contributed by atoms with Crippen molar-refractivity contribution in [2.75, 3.05) is 24.7 Å². The third-order valence-corrected chi connectivity index (χ3v) is 3.24. The minimum Gasteiger partial charge on any atom is -0.391 e. The van der Waals surface area contributed by atoms with Crippen molar-refractivity contribution in [2.24, 2.45) is 0 Å². The SMILES string of the molecule is CC(O)COCCCSCCc1ccccn1. The first-order valence-electron chi connectivity index (χ1n) is 6.02. The predicted molar refractivity (Wildman–Crippen MR) is 72.4 cm³/mol. The lowest BCUT2D eigenvalue weighted by molar-refractivity contribution is 0.0469. The average molecular weight is 255 g/mol. The molecular weight excluding hydrogens is 234 g/mol. The van der Waals surface area contributed by atoms with Gasteiger partial charge >= 0.3 is 0 Å². The van der Waals surface area contributed by atoms with Gasteiger partial charge in [0.05, 0.1) is 12.7 Å². The van der Waals surface area contributed by atoms with E-state index in [0.717, 1.165) is 36.6 Å². The van der Waals surface area contributed by atoms with E-state index >= 15 is 0 Å². The molecule has 0 amide bonds. The highest BCUT2D eigenvalue weighted by Gasteiger charge is 1.96. The van der Waals surface area contributed by atoms with Crippen LogP contribution in [0.1, 0.15) is 19.0 Å². The molecule has 3 nitrogen and oxygen atoms in total. The van der Waals surface area contributed by atoms with E-state index in [1.165, 1.54) is 0 Å². The lowest BCUT2D eigenvalue weighted by Crippen LogP contribution is -2.11. The van der Waals surface area contributed by atoms with E-state index in [1.807, 2.05) is 30.1 Å².